The number of amides is 1. The van der Waals surface area contributed by atoms with Crippen LogP contribution in [0.5, 0.6) is 5.88 Å². The van der Waals surface area contributed by atoms with Gasteiger partial charge in [0.1, 0.15) is 11.3 Å². The monoisotopic (exact) mass is 595 g/mol. The summed E-state index contributed by atoms with van der Waals surface area (Å²) < 4.78 is 38.5. The summed E-state index contributed by atoms with van der Waals surface area (Å²) in [4.78, 5) is 16.6. The first-order chi connectivity index (χ1) is 20.6. The molecule has 0 atom stereocenters. The lowest BCUT2D eigenvalue weighted by Gasteiger charge is -2.20. The Kier molecular flexibility index (Phi) is 6.89. The smallest absolute Gasteiger partial charge is 0.255 e. The van der Waals surface area contributed by atoms with Gasteiger partial charge in [-0.25, -0.2) is 8.42 Å². The van der Waals surface area contributed by atoms with Crippen LogP contribution in [-0.4, -0.2) is 57.0 Å². The number of para-hydroxylation sites is 1. The molecule has 3 aromatic heterocycles. The molecule has 1 amide bonds. The van der Waals surface area contributed by atoms with Crippen LogP contribution in [-0.2, 0) is 10.0 Å². The molecule has 3 heterocycles. The van der Waals surface area contributed by atoms with Crippen LogP contribution in [0.15, 0.2) is 77.2 Å². The van der Waals surface area contributed by atoms with Crippen LogP contribution in [0.1, 0.15) is 15.9 Å². The zero-order valence-electron chi connectivity index (χ0n) is 24.2. The van der Waals surface area contributed by atoms with Crippen molar-refractivity contribution >= 4 is 43.5 Å². The zero-order chi connectivity index (χ0) is 30.5. The number of rotatable bonds is 7. The number of aromatic nitrogens is 3. The highest BCUT2D eigenvalue weighted by Gasteiger charge is 2.27. The van der Waals surface area contributed by atoms with E-state index in [0.717, 1.165) is 32.7 Å². The van der Waals surface area contributed by atoms with Crippen molar-refractivity contribution in [2.24, 2.45) is 0 Å². The van der Waals surface area contributed by atoms with Gasteiger partial charge in [0.15, 0.2) is 0 Å². The van der Waals surface area contributed by atoms with Crippen LogP contribution in [0.4, 0.5) is 5.69 Å². The van der Waals surface area contributed by atoms with Crippen molar-refractivity contribution in [3.05, 3.63) is 83.9 Å². The predicted molar refractivity (Wildman–Crippen MR) is 168 cm³/mol. The van der Waals surface area contributed by atoms with Gasteiger partial charge in [0.25, 0.3) is 5.91 Å². The van der Waals surface area contributed by atoms with E-state index in [1.54, 1.807) is 25.2 Å². The van der Waals surface area contributed by atoms with Gasteiger partial charge in [-0.15, -0.1) is 10.2 Å². The minimum atomic E-state index is -3.70. The van der Waals surface area contributed by atoms with Gasteiger partial charge in [0, 0.05) is 47.6 Å². The van der Waals surface area contributed by atoms with Crippen LogP contribution >= 0.6 is 0 Å². The molecule has 0 aliphatic heterocycles. The highest BCUT2D eigenvalue weighted by molar-refractivity contribution is 7.92. The Balaban J connectivity index is 1.64. The first-order valence-corrected chi connectivity index (χ1v) is 15.3. The van der Waals surface area contributed by atoms with E-state index in [9.17, 15) is 13.2 Å². The molecule has 2 N–H and O–H groups in total. The third-order valence-electron chi connectivity index (χ3n) is 7.46. The van der Waals surface area contributed by atoms with Crippen molar-refractivity contribution in [1.29, 1.82) is 0 Å². The molecule has 0 radical (unpaired) electrons. The number of aryl methyl sites for hydroxylation is 1. The highest BCUT2D eigenvalue weighted by Crippen LogP contribution is 2.42. The summed E-state index contributed by atoms with van der Waals surface area (Å²) >= 11 is 0. The number of fused-ring (bicyclic) bond motifs is 2. The molecule has 0 saturated carbocycles. The topological polar surface area (TPSA) is 130 Å². The number of ether oxygens (including phenoxy) is 1. The molecule has 6 rings (SSSR count). The summed E-state index contributed by atoms with van der Waals surface area (Å²) in [5.41, 5.74) is 5.90. The normalized spacial score (nSPS) is 11.7. The Morgan fingerprint density at radius 2 is 1.74 bits per heavy atom. The van der Waals surface area contributed by atoms with Gasteiger partial charge in [-0.05, 0) is 31.2 Å². The molecule has 0 aliphatic carbocycles. The van der Waals surface area contributed by atoms with E-state index in [1.807, 2.05) is 61.5 Å². The minimum Gasteiger partial charge on any atom is -0.479 e. The van der Waals surface area contributed by atoms with E-state index in [0.29, 0.717) is 56.2 Å². The number of hydrogen-bond acceptors (Lipinski definition) is 7. The van der Waals surface area contributed by atoms with Crippen molar-refractivity contribution in [1.82, 2.24) is 20.5 Å². The van der Waals surface area contributed by atoms with E-state index in [2.05, 4.69) is 20.5 Å². The van der Waals surface area contributed by atoms with Crippen LogP contribution < -0.4 is 14.4 Å². The van der Waals surface area contributed by atoms with Crippen molar-refractivity contribution < 1.29 is 22.4 Å². The van der Waals surface area contributed by atoms with Crippen molar-refractivity contribution in [3.63, 3.8) is 0 Å². The second kappa shape index (κ2) is 10.6. The summed E-state index contributed by atoms with van der Waals surface area (Å²) in [5, 5.41) is 13.0. The molecule has 0 aliphatic rings. The average Bonchev–Trinajstić information content (AvgIpc) is 3.61. The maximum absolute atomic E-state index is 13.3. The average molecular weight is 596 g/mol. The number of nitrogens with one attached hydrogen (secondary N) is 2. The maximum atomic E-state index is 13.3. The second-order valence-electron chi connectivity index (χ2n) is 10.3. The number of carbonyl (C=O) groups excluding carboxylic acids is 1. The zero-order valence-corrected chi connectivity index (χ0v) is 25.0. The van der Waals surface area contributed by atoms with Crippen molar-refractivity contribution in [2.45, 2.75) is 6.92 Å². The first kappa shape index (κ1) is 28.0. The van der Waals surface area contributed by atoms with Crippen LogP contribution in [0, 0.1) is 6.92 Å². The Hall–Kier alpha value is -5.16. The fourth-order valence-electron chi connectivity index (χ4n) is 5.11. The van der Waals surface area contributed by atoms with Gasteiger partial charge >= 0.3 is 0 Å². The maximum Gasteiger partial charge on any atom is 0.255 e. The lowest BCUT2D eigenvalue weighted by molar-refractivity contribution is 0.0964. The summed E-state index contributed by atoms with van der Waals surface area (Å²) in [7, 11) is 0.824. The second-order valence-corrected chi connectivity index (χ2v) is 12.3. The molecule has 6 aromatic rings. The number of aromatic amines is 1. The van der Waals surface area contributed by atoms with E-state index >= 15 is 0 Å². The largest absolute Gasteiger partial charge is 0.479 e. The molecule has 11 heteroatoms. The number of methoxy groups -OCH3 is 1. The molecule has 0 saturated heterocycles. The Bertz CT molecular complexity index is 2100. The van der Waals surface area contributed by atoms with E-state index in [4.69, 9.17) is 9.15 Å². The Labute approximate surface area is 248 Å². The summed E-state index contributed by atoms with van der Waals surface area (Å²) in [6, 6.07) is 22.6. The van der Waals surface area contributed by atoms with Gasteiger partial charge in [0.2, 0.25) is 15.9 Å². The molecule has 43 heavy (non-hydrogen) atoms. The third kappa shape index (κ3) is 4.97. The fourth-order valence-corrected chi connectivity index (χ4v) is 5.62. The highest BCUT2D eigenvalue weighted by atomic mass is 32.2. The summed E-state index contributed by atoms with van der Waals surface area (Å²) in [5.74, 6) is 0.327. The third-order valence-corrected chi connectivity index (χ3v) is 8.65. The quantitative estimate of drug-likeness (QED) is 0.239. The van der Waals surface area contributed by atoms with Gasteiger partial charge < -0.3 is 19.5 Å². The lowest BCUT2D eigenvalue weighted by atomic mass is 10.00. The molecule has 10 nitrogen and oxygen atoms in total. The Morgan fingerprint density at radius 3 is 2.42 bits per heavy atom. The van der Waals surface area contributed by atoms with Gasteiger partial charge in [-0.1, -0.05) is 48.0 Å². The Morgan fingerprint density at radius 1 is 1.00 bits per heavy atom. The molecular formula is C32H29N5O5S. The van der Waals surface area contributed by atoms with Gasteiger partial charge in [-0.3, -0.25) is 9.10 Å². The lowest BCUT2D eigenvalue weighted by Crippen LogP contribution is -2.25. The van der Waals surface area contributed by atoms with Gasteiger partial charge in [-0.2, -0.15) is 0 Å². The molecule has 0 bridgehead atoms. The molecule has 218 valence electrons. The van der Waals surface area contributed by atoms with Crippen LogP contribution in [0.2, 0.25) is 0 Å². The number of sulfonamides is 1. The number of carbonyl (C=O) groups is 1. The molecule has 3 aromatic carbocycles. The van der Waals surface area contributed by atoms with E-state index < -0.39 is 10.0 Å². The summed E-state index contributed by atoms with van der Waals surface area (Å²) in [6.45, 7) is 1.97. The number of anilines is 1. The first-order valence-electron chi connectivity index (χ1n) is 13.4. The SMILES string of the molecule is CNC(=O)c1c(-c2ccc(C)cc2)oc2cc(N(C)S(C)(=O)=O)c(-c3cc(-c4cc5ccccc5[nH]4)c(OC)nn3)cc12. The van der Waals surface area contributed by atoms with Crippen molar-refractivity contribution in [2.75, 3.05) is 31.8 Å². The number of nitrogens with zero attached hydrogens (tertiary/aromatic N) is 3. The number of H-pyrrole nitrogens is 1. The van der Waals surface area contributed by atoms with E-state index in [1.165, 1.54) is 14.2 Å². The van der Waals surface area contributed by atoms with E-state index in [-0.39, 0.29) is 5.91 Å². The molecule has 0 fully saturated rings. The molecule has 0 spiro atoms. The minimum absolute atomic E-state index is 0.297. The van der Waals surface area contributed by atoms with Crippen LogP contribution in [0.25, 0.3) is 55.7 Å². The standard InChI is InChI=1S/C32H29N5O5S/c1-18-10-12-19(13-11-18)30-29(31(38)33-2)23-15-21(27(17-28(23)42-30)37(3)43(5,39)40)26-16-22(32(41-4)36-35-26)25-14-20-8-6-7-9-24(20)34-25/h6-17,34H,1-5H3,(H,33,38). The number of hydrogen-bond donors (Lipinski definition) is 2. The molecular weight excluding hydrogens is 566 g/mol. The summed E-state index contributed by atoms with van der Waals surface area (Å²) in [6.07, 6.45) is 1.12. The van der Waals surface area contributed by atoms with Crippen LogP contribution in [0.3, 0.4) is 0 Å². The number of furan rings is 1. The molecule has 0 unspecified atom stereocenters. The van der Waals surface area contributed by atoms with Gasteiger partial charge in [0.05, 0.1) is 41.6 Å². The predicted octanol–water partition coefficient (Wildman–Crippen LogP) is 5.78. The fraction of sp³-hybridized carbons (Fsp3) is 0.156. The van der Waals surface area contributed by atoms with Crippen molar-refractivity contribution in [3.8, 4) is 39.7 Å². The number of benzene rings is 3.